The van der Waals surface area contributed by atoms with Crippen molar-refractivity contribution in [2.45, 2.75) is 20.0 Å². The molecule has 0 radical (unpaired) electrons. The van der Waals surface area contributed by atoms with Crippen molar-refractivity contribution in [1.29, 1.82) is 0 Å². The summed E-state index contributed by atoms with van der Waals surface area (Å²) in [5, 5.41) is 6.71. The average molecular weight is 461 g/mol. The molecule has 1 aromatic heterocycles. The first-order valence-electron chi connectivity index (χ1n) is 8.49. The van der Waals surface area contributed by atoms with Crippen LogP contribution in [0.1, 0.15) is 18.1 Å². The van der Waals surface area contributed by atoms with E-state index in [2.05, 4.69) is 51.8 Å². The van der Waals surface area contributed by atoms with Crippen molar-refractivity contribution in [2.24, 2.45) is 4.99 Å². The molecule has 26 heavy (non-hydrogen) atoms. The first-order chi connectivity index (χ1) is 12.4. The second kappa shape index (κ2) is 10.6. The fourth-order valence-corrected chi connectivity index (χ4v) is 2.59. The van der Waals surface area contributed by atoms with Crippen LogP contribution in [0.4, 0.5) is 0 Å². The number of nitrogens with one attached hydrogen (secondary N) is 2. The third kappa shape index (κ3) is 5.59. The summed E-state index contributed by atoms with van der Waals surface area (Å²) in [6.07, 6.45) is 5.55. The first kappa shape index (κ1) is 20.0. The Morgan fingerprint density at radius 1 is 1.04 bits per heavy atom. The fraction of sp³-hybridized carbons (Fsp3) is 0.200. The Morgan fingerprint density at radius 2 is 1.81 bits per heavy atom. The van der Waals surface area contributed by atoms with Gasteiger partial charge in [-0.1, -0.05) is 48.5 Å². The highest BCUT2D eigenvalue weighted by Gasteiger charge is 2.05. The minimum atomic E-state index is 0. The van der Waals surface area contributed by atoms with Gasteiger partial charge in [-0.05, 0) is 24.1 Å². The second-order valence-electron chi connectivity index (χ2n) is 5.63. The molecular formula is C20H24IN5. The lowest BCUT2D eigenvalue weighted by Crippen LogP contribution is -2.37. The van der Waals surface area contributed by atoms with Gasteiger partial charge in [0.25, 0.3) is 0 Å². The Kier molecular flexibility index (Phi) is 8.14. The summed E-state index contributed by atoms with van der Waals surface area (Å²) in [5.74, 6) is 0.812. The van der Waals surface area contributed by atoms with Crippen LogP contribution in [0.15, 0.2) is 78.3 Å². The number of benzene rings is 2. The Hall–Kier alpha value is -2.35. The lowest BCUT2D eigenvalue weighted by atomic mass is 10.1. The van der Waals surface area contributed by atoms with Gasteiger partial charge in [-0.15, -0.1) is 24.0 Å². The molecule has 5 nitrogen and oxygen atoms in total. The van der Waals surface area contributed by atoms with E-state index in [0.29, 0.717) is 13.1 Å². The van der Waals surface area contributed by atoms with Gasteiger partial charge in [0.05, 0.1) is 18.6 Å². The molecule has 2 N–H and O–H groups in total. The van der Waals surface area contributed by atoms with Gasteiger partial charge in [0.2, 0.25) is 0 Å². The van der Waals surface area contributed by atoms with Crippen molar-refractivity contribution in [3.63, 3.8) is 0 Å². The second-order valence-corrected chi connectivity index (χ2v) is 5.63. The number of rotatable bonds is 6. The van der Waals surface area contributed by atoms with Crippen molar-refractivity contribution in [3.8, 4) is 5.69 Å². The highest BCUT2D eigenvalue weighted by molar-refractivity contribution is 14.0. The summed E-state index contributed by atoms with van der Waals surface area (Å²) in [6.45, 7) is 4.23. The van der Waals surface area contributed by atoms with Crippen LogP contribution >= 0.6 is 24.0 Å². The Morgan fingerprint density at radius 3 is 2.54 bits per heavy atom. The molecule has 6 heteroatoms. The van der Waals surface area contributed by atoms with Crippen LogP contribution in [0.2, 0.25) is 0 Å². The molecule has 0 saturated carbocycles. The molecular weight excluding hydrogens is 437 g/mol. The minimum absolute atomic E-state index is 0. The van der Waals surface area contributed by atoms with E-state index in [0.717, 1.165) is 18.2 Å². The van der Waals surface area contributed by atoms with Gasteiger partial charge < -0.3 is 15.2 Å². The SMILES string of the molecule is CCNC(=NCc1ccccc1)NCc1ccccc1-n1ccnc1.I. The molecule has 2 aromatic carbocycles. The number of para-hydroxylation sites is 1. The number of nitrogens with zero attached hydrogens (tertiary/aromatic N) is 3. The Balaban J connectivity index is 0.00000243. The molecule has 0 saturated heterocycles. The monoisotopic (exact) mass is 461 g/mol. The van der Waals surface area contributed by atoms with Gasteiger partial charge in [-0.2, -0.15) is 0 Å². The summed E-state index contributed by atoms with van der Waals surface area (Å²) in [7, 11) is 0. The van der Waals surface area contributed by atoms with E-state index in [1.807, 2.05) is 47.4 Å². The van der Waals surface area contributed by atoms with Crippen LogP contribution in [0, 0.1) is 0 Å². The van der Waals surface area contributed by atoms with Crippen molar-refractivity contribution in [2.75, 3.05) is 6.54 Å². The maximum Gasteiger partial charge on any atom is 0.191 e. The van der Waals surface area contributed by atoms with Gasteiger partial charge >= 0.3 is 0 Å². The summed E-state index contributed by atoms with van der Waals surface area (Å²) >= 11 is 0. The summed E-state index contributed by atoms with van der Waals surface area (Å²) < 4.78 is 2.02. The zero-order chi connectivity index (χ0) is 17.3. The van der Waals surface area contributed by atoms with Crippen molar-refractivity contribution < 1.29 is 0 Å². The quantitative estimate of drug-likeness (QED) is 0.334. The zero-order valence-electron chi connectivity index (χ0n) is 14.8. The van der Waals surface area contributed by atoms with E-state index in [1.54, 1.807) is 6.20 Å². The van der Waals surface area contributed by atoms with E-state index in [-0.39, 0.29) is 24.0 Å². The highest BCUT2D eigenvalue weighted by atomic mass is 127. The standard InChI is InChI=1S/C20H23N5.HI/c1-2-22-20(23-14-17-8-4-3-5-9-17)24-15-18-10-6-7-11-19(18)25-13-12-21-16-25;/h3-13,16H,2,14-15H2,1H3,(H2,22,23,24);1H. The minimum Gasteiger partial charge on any atom is -0.357 e. The molecule has 0 unspecified atom stereocenters. The number of imidazole rings is 1. The molecule has 0 atom stereocenters. The zero-order valence-corrected chi connectivity index (χ0v) is 17.1. The molecule has 3 aromatic rings. The number of hydrogen-bond acceptors (Lipinski definition) is 2. The molecule has 0 spiro atoms. The van der Waals surface area contributed by atoms with Crippen LogP contribution in [0.25, 0.3) is 5.69 Å². The van der Waals surface area contributed by atoms with E-state index in [9.17, 15) is 0 Å². The predicted octanol–water partition coefficient (Wildman–Crippen LogP) is 3.75. The number of aromatic nitrogens is 2. The molecule has 0 aliphatic carbocycles. The van der Waals surface area contributed by atoms with Crippen LogP contribution in [-0.4, -0.2) is 22.1 Å². The predicted molar refractivity (Wildman–Crippen MR) is 117 cm³/mol. The smallest absolute Gasteiger partial charge is 0.191 e. The lowest BCUT2D eigenvalue weighted by Gasteiger charge is -2.14. The number of aliphatic imine (C=N–C) groups is 1. The number of hydrogen-bond donors (Lipinski definition) is 2. The fourth-order valence-electron chi connectivity index (χ4n) is 2.59. The van der Waals surface area contributed by atoms with Crippen LogP contribution < -0.4 is 10.6 Å². The van der Waals surface area contributed by atoms with Crippen LogP contribution in [0.5, 0.6) is 0 Å². The molecule has 0 aliphatic heterocycles. The third-order valence-corrected chi connectivity index (χ3v) is 3.83. The normalized spacial score (nSPS) is 10.9. The van der Waals surface area contributed by atoms with E-state index < -0.39 is 0 Å². The Bertz CT molecular complexity index is 800. The first-order valence-corrected chi connectivity index (χ1v) is 8.49. The van der Waals surface area contributed by atoms with E-state index >= 15 is 0 Å². The molecule has 0 bridgehead atoms. The summed E-state index contributed by atoms with van der Waals surface area (Å²) in [6, 6.07) is 18.5. The van der Waals surface area contributed by atoms with E-state index in [4.69, 9.17) is 0 Å². The molecule has 3 rings (SSSR count). The van der Waals surface area contributed by atoms with Crippen LogP contribution in [0.3, 0.4) is 0 Å². The number of guanidine groups is 1. The van der Waals surface area contributed by atoms with Crippen molar-refractivity contribution >= 4 is 29.9 Å². The average Bonchev–Trinajstić information content (AvgIpc) is 3.20. The maximum absolute atomic E-state index is 4.67. The largest absolute Gasteiger partial charge is 0.357 e. The summed E-state index contributed by atoms with van der Waals surface area (Å²) in [5.41, 5.74) is 3.50. The van der Waals surface area contributed by atoms with Gasteiger partial charge in [0.15, 0.2) is 5.96 Å². The maximum atomic E-state index is 4.67. The van der Waals surface area contributed by atoms with Crippen LogP contribution in [-0.2, 0) is 13.1 Å². The van der Waals surface area contributed by atoms with Crippen molar-refractivity contribution in [1.82, 2.24) is 20.2 Å². The topological polar surface area (TPSA) is 54.2 Å². The lowest BCUT2D eigenvalue weighted by molar-refractivity contribution is 0.810. The Labute approximate surface area is 171 Å². The van der Waals surface area contributed by atoms with Gasteiger partial charge in [0, 0.05) is 25.5 Å². The molecule has 1 heterocycles. The summed E-state index contributed by atoms with van der Waals surface area (Å²) in [4.78, 5) is 8.80. The van der Waals surface area contributed by atoms with Crippen molar-refractivity contribution in [3.05, 3.63) is 84.4 Å². The highest BCUT2D eigenvalue weighted by Crippen LogP contribution is 2.13. The number of halogens is 1. The van der Waals surface area contributed by atoms with Gasteiger partial charge in [0.1, 0.15) is 0 Å². The van der Waals surface area contributed by atoms with Gasteiger partial charge in [-0.3, -0.25) is 0 Å². The molecule has 0 amide bonds. The molecule has 136 valence electrons. The molecule has 0 fully saturated rings. The third-order valence-electron chi connectivity index (χ3n) is 3.83. The molecule has 0 aliphatic rings. The van der Waals surface area contributed by atoms with E-state index in [1.165, 1.54) is 11.1 Å². The van der Waals surface area contributed by atoms with Gasteiger partial charge in [-0.25, -0.2) is 9.98 Å².